The summed E-state index contributed by atoms with van der Waals surface area (Å²) in [6.07, 6.45) is 8.14. The second-order valence-corrected chi connectivity index (χ2v) is 6.62. The molecule has 2 unspecified atom stereocenters. The molecule has 2 heteroatoms. The van der Waals surface area contributed by atoms with E-state index in [1.807, 2.05) is 0 Å². The molecular formula is C16H34N2. The first kappa shape index (κ1) is 16.0. The Morgan fingerprint density at radius 2 is 1.94 bits per heavy atom. The van der Waals surface area contributed by atoms with Crippen molar-refractivity contribution in [1.82, 2.24) is 10.2 Å². The van der Waals surface area contributed by atoms with Crippen LogP contribution in [0.1, 0.15) is 73.1 Å². The van der Waals surface area contributed by atoms with E-state index in [0.29, 0.717) is 6.04 Å². The van der Waals surface area contributed by atoms with E-state index in [4.69, 9.17) is 0 Å². The molecule has 0 spiro atoms. The van der Waals surface area contributed by atoms with Gasteiger partial charge in [0, 0.05) is 24.2 Å². The molecule has 0 saturated carbocycles. The largest absolute Gasteiger partial charge is 0.310 e. The fourth-order valence-electron chi connectivity index (χ4n) is 2.88. The summed E-state index contributed by atoms with van der Waals surface area (Å²) in [4.78, 5) is 2.76. The van der Waals surface area contributed by atoms with Gasteiger partial charge in [-0.25, -0.2) is 0 Å². The Morgan fingerprint density at radius 1 is 1.22 bits per heavy atom. The molecule has 2 nitrogen and oxygen atoms in total. The van der Waals surface area contributed by atoms with Gasteiger partial charge in [0.25, 0.3) is 0 Å². The fourth-order valence-corrected chi connectivity index (χ4v) is 2.88. The van der Waals surface area contributed by atoms with Gasteiger partial charge in [-0.1, -0.05) is 26.7 Å². The molecule has 18 heavy (non-hydrogen) atoms. The van der Waals surface area contributed by atoms with Gasteiger partial charge in [0.1, 0.15) is 0 Å². The van der Waals surface area contributed by atoms with Crippen LogP contribution in [-0.2, 0) is 0 Å². The molecule has 0 bridgehead atoms. The van der Waals surface area contributed by atoms with Crippen LogP contribution in [0.15, 0.2) is 0 Å². The van der Waals surface area contributed by atoms with Gasteiger partial charge in [-0.3, -0.25) is 4.90 Å². The highest BCUT2D eigenvalue weighted by Gasteiger charge is 2.25. The lowest BCUT2D eigenvalue weighted by atomic mass is 10.0. The van der Waals surface area contributed by atoms with Crippen LogP contribution in [0.3, 0.4) is 0 Å². The first-order chi connectivity index (χ1) is 8.50. The summed E-state index contributed by atoms with van der Waals surface area (Å²) >= 11 is 0. The molecule has 108 valence electrons. The highest BCUT2D eigenvalue weighted by molar-refractivity contribution is 4.83. The van der Waals surface area contributed by atoms with E-state index in [1.54, 1.807) is 0 Å². The number of hydrogen-bond donors (Lipinski definition) is 1. The molecule has 0 amide bonds. The Balaban J connectivity index is 2.49. The fraction of sp³-hybridized carbons (Fsp3) is 1.00. The predicted octanol–water partition coefficient (Wildman–Crippen LogP) is 3.81. The lowest BCUT2D eigenvalue weighted by molar-refractivity contribution is 0.133. The van der Waals surface area contributed by atoms with Crippen molar-refractivity contribution in [3.63, 3.8) is 0 Å². The minimum atomic E-state index is 0.280. The van der Waals surface area contributed by atoms with Gasteiger partial charge in [0.05, 0.1) is 0 Å². The van der Waals surface area contributed by atoms with Gasteiger partial charge in [0.2, 0.25) is 0 Å². The summed E-state index contributed by atoms with van der Waals surface area (Å²) in [5.74, 6) is 0. The second-order valence-electron chi connectivity index (χ2n) is 6.62. The number of nitrogens with zero attached hydrogens (tertiary/aromatic N) is 1. The Hall–Kier alpha value is -0.0800. The van der Waals surface area contributed by atoms with Crippen molar-refractivity contribution in [2.45, 2.75) is 90.8 Å². The van der Waals surface area contributed by atoms with Crippen molar-refractivity contribution < 1.29 is 0 Å². The molecule has 1 N–H and O–H groups in total. The van der Waals surface area contributed by atoms with Crippen molar-refractivity contribution in [3.05, 3.63) is 0 Å². The van der Waals surface area contributed by atoms with Gasteiger partial charge >= 0.3 is 0 Å². The smallest absolute Gasteiger partial charge is 0.0195 e. The zero-order valence-electron chi connectivity index (χ0n) is 13.3. The Labute approximate surface area is 115 Å². The maximum atomic E-state index is 3.73. The van der Waals surface area contributed by atoms with Crippen molar-refractivity contribution in [3.8, 4) is 0 Å². The molecular weight excluding hydrogens is 220 g/mol. The predicted molar refractivity (Wildman–Crippen MR) is 81.1 cm³/mol. The first-order valence-electron chi connectivity index (χ1n) is 8.01. The second kappa shape index (κ2) is 7.49. The highest BCUT2D eigenvalue weighted by atomic mass is 15.2. The van der Waals surface area contributed by atoms with Gasteiger partial charge in [-0.15, -0.1) is 0 Å². The third-order valence-corrected chi connectivity index (χ3v) is 4.72. The minimum Gasteiger partial charge on any atom is -0.310 e. The lowest BCUT2D eigenvalue weighted by Gasteiger charge is -2.37. The summed E-state index contributed by atoms with van der Waals surface area (Å²) in [6.45, 7) is 14.0. The average Bonchev–Trinajstić information content (AvgIpc) is 2.61. The molecule has 0 radical (unpaired) electrons. The van der Waals surface area contributed by atoms with Crippen LogP contribution >= 0.6 is 0 Å². The quantitative estimate of drug-likeness (QED) is 0.775. The maximum Gasteiger partial charge on any atom is 0.0195 e. The number of likely N-dealkylation sites (tertiary alicyclic amines) is 1. The van der Waals surface area contributed by atoms with Crippen LogP contribution in [0.2, 0.25) is 0 Å². The summed E-state index contributed by atoms with van der Waals surface area (Å²) in [7, 11) is 0. The van der Waals surface area contributed by atoms with Crippen LogP contribution in [-0.4, -0.2) is 35.6 Å². The molecule has 1 aliphatic heterocycles. The molecule has 1 aliphatic rings. The first-order valence-corrected chi connectivity index (χ1v) is 8.01. The van der Waals surface area contributed by atoms with E-state index in [2.05, 4.69) is 44.8 Å². The number of hydrogen-bond acceptors (Lipinski definition) is 2. The van der Waals surface area contributed by atoms with Gasteiger partial charge < -0.3 is 5.32 Å². The summed E-state index contributed by atoms with van der Waals surface area (Å²) < 4.78 is 0. The van der Waals surface area contributed by atoms with Crippen LogP contribution in [0.4, 0.5) is 0 Å². The normalized spacial score (nSPS) is 24.8. The average molecular weight is 254 g/mol. The van der Waals surface area contributed by atoms with Gasteiger partial charge in [0.15, 0.2) is 0 Å². The SMILES string of the molecule is CCC1CCCCCN1C(C)CNC(C)(C)CC. The molecule has 0 aromatic heterocycles. The molecule has 1 saturated heterocycles. The Morgan fingerprint density at radius 3 is 2.56 bits per heavy atom. The van der Waals surface area contributed by atoms with E-state index in [-0.39, 0.29) is 5.54 Å². The van der Waals surface area contributed by atoms with Gasteiger partial charge in [-0.2, -0.15) is 0 Å². The molecule has 0 aromatic carbocycles. The molecule has 2 atom stereocenters. The topological polar surface area (TPSA) is 15.3 Å². The summed E-state index contributed by atoms with van der Waals surface area (Å²) in [5.41, 5.74) is 0.280. The summed E-state index contributed by atoms with van der Waals surface area (Å²) in [6, 6.07) is 1.48. The third-order valence-electron chi connectivity index (χ3n) is 4.72. The minimum absolute atomic E-state index is 0.280. The molecule has 1 rings (SSSR count). The van der Waals surface area contributed by atoms with Crippen LogP contribution in [0, 0.1) is 0 Å². The molecule has 1 fully saturated rings. The molecule has 0 aromatic rings. The monoisotopic (exact) mass is 254 g/mol. The highest BCUT2D eigenvalue weighted by Crippen LogP contribution is 2.21. The van der Waals surface area contributed by atoms with E-state index in [0.717, 1.165) is 12.6 Å². The van der Waals surface area contributed by atoms with Crippen molar-refractivity contribution >= 4 is 0 Å². The van der Waals surface area contributed by atoms with Crippen molar-refractivity contribution in [2.75, 3.05) is 13.1 Å². The molecule has 1 heterocycles. The number of nitrogens with one attached hydrogen (secondary N) is 1. The van der Waals surface area contributed by atoms with Crippen molar-refractivity contribution in [1.29, 1.82) is 0 Å². The van der Waals surface area contributed by atoms with Crippen LogP contribution in [0.25, 0.3) is 0 Å². The lowest BCUT2D eigenvalue weighted by Crippen LogP contribution is -2.50. The van der Waals surface area contributed by atoms with Crippen LogP contribution in [0.5, 0.6) is 0 Å². The van der Waals surface area contributed by atoms with Crippen LogP contribution < -0.4 is 5.32 Å². The van der Waals surface area contributed by atoms with E-state index >= 15 is 0 Å². The van der Waals surface area contributed by atoms with E-state index in [9.17, 15) is 0 Å². The Bertz CT molecular complexity index is 225. The van der Waals surface area contributed by atoms with E-state index in [1.165, 1.54) is 45.1 Å². The zero-order valence-corrected chi connectivity index (χ0v) is 13.3. The standard InChI is InChI=1S/C16H34N2/c1-6-15-11-9-8-10-12-18(15)14(3)13-17-16(4,5)7-2/h14-15,17H,6-13H2,1-5H3. The number of rotatable bonds is 6. The van der Waals surface area contributed by atoms with Crippen molar-refractivity contribution in [2.24, 2.45) is 0 Å². The summed E-state index contributed by atoms with van der Waals surface area (Å²) in [5, 5.41) is 3.73. The van der Waals surface area contributed by atoms with Gasteiger partial charge in [-0.05, 0) is 53.0 Å². The molecule has 0 aliphatic carbocycles. The Kier molecular flexibility index (Phi) is 6.65. The van der Waals surface area contributed by atoms with E-state index < -0.39 is 0 Å². The maximum absolute atomic E-state index is 3.73. The third kappa shape index (κ3) is 4.89. The zero-order chi connectivity index (χ0) is 13.6.